The lowest BCUT2D eigenvalue weighted by Gasteiger charge is -2.04. The zero-order valence-corrected chi connectivity index (χ0v) is 7.20. The van der Waals surface area contributed by atoms with Gasteiger partial charge in [-0.1, -0.05) is 18.2 Å². The number of benzene rings is 1. The first-order chi connectivity index (χ1) is 5.70. The maximum absolute atomic E-state index is 11.1. The fourth-order valence-corrected chi connectivity index (χ4v) is 0.698. The summed E-state index contributed by atoms with van der Waals surface area (Å²) in [4.78, 5) is 11.1. The van der Waals surface area contributed by atoms with Crippen molar-refractivity contribution < 1.29 is 9.53 Å². The summed E-state index contributed by atoms with van der Waals surface area (Å²) in [5.41, 5.74) is 0. The molecule has 2 heteroatoms. The molecular weight excluding hydrogens is 152 g/mol. The minimum Gasteiger partial charge on any atom is -0.426 e. The van der Waals surface area contributed by atoms with E-state index in [0.717, 1.165) is 0 Å². The number of para-hydroxylation sites is 1. The molecule has 1 radical (unpaired) electrons. The smallest absolute Gasteiger partial charge is 0.318 e. The predicted octanol–water partition coefficient (Wildman–Crippen LogP) is 2.21. The van der Waals surface area contributed by atoms with Gasteiger partial charge in [0.2, 0.25) is 0 Å². The fourth-order valence-electron chi connectivity index (χ4n) is 0.698. The first-order valence-electron chi connectivity index (χ1n) is 3.77. The predicted molar refractivity (Wildman–Crippen MR) is 46.7 cm³/mol. The summed E-state index contributed by atoms with van der Waals surface area (Å²) in [6, 6.07) is 9.03. The van der Waals surface area contributed by atoms with Crippen molar-refractivity contribution in [1.82, 2.24) is 0 Å². The van der Waals surface area contributed by atoms with Crippen LogP contribution in [0.4, 0.5) is 0 Å². The van der Waals surface area contributed by atoms with Crippen LogP contribution in [0.1, 0.15) is 13.8 Å². The summed E-state index contributed by atoms with van der Waals surface area (Å²) in [7, 11) is 0. The van der Waals surface area contributed by atoms with Crippen molar-refractivity contribution in [2.75, 3.05) is 0 Å². The van der Waals surface area contributed by atoms with Crippen LogP contribution in [0.2, 0.25) is 0 Å². The molecule has 0 aliphatic carbocycles. The summed E-state index contributed by atoms with van der Waals surface area (Å²) in [5.74, 6) is 0.962. The van der Waals surface area contributed by atoms with Crippen LogP contribution in [0.5, 0.6) is 5.75 Å². The molecule has 0 atom stereocenters. The third-order valence-electron chi connectivity index (χ3n) is 1.36. The van der Waals surface area contributed by atoms with Gasteiger partial charge in [-0.3, -0.25) is 4.79 Å². The van der Waals surface area contributed by atoms with Gasteiger partial charge in [0.15, 0.2) is 0 Å². The molecule has 0 bridgehead atoms. The Bertz CT molecular complexity index is 252. The lowest BCUT2D eigenvalue weighted by Crippen LogP contribution is -2.12. The minimum atomic E-state index is -0.277. The number of rotatable bonds is 2. The number of carbonyl (C=O) groups excluding carboxylic acids is 1. The number of carbonyl (C=O) groups is 1. The molecule has 12 heavy (non-hydrogen) atoms. The Morgan fingerprint density at radius 2 is 1.75 bits per heavy atom. The minimum absolute atomic E-state index is 0.277. The summed E-state index contributed by atoms with van der Waals surface area (Å²) in [6.45, 7) is 3.45. The molecule has 0 amide bonds. The van der Waals surface area contributed by atoms with Gasteiger partial charge in [0.05, 0.1) is 5.92 Å². The molecule has 0 aliphatic rings. The first-order valence-corrected chi connectivity index (χ1v) is 3.77. The van der Waals surface area contributed by atoms with Gasteiger partial charge in [-0.25, -0.2) is 0 Å². The van der Waals surface area contributed by atoms with Gasteiger partial charge in [0, 0.05) is 0 Å². The van der Waals surface area contributed by atoms with E-state index in [2.05, 4.69) is 0 Å². The Balaban J connectivity index is 2.59. The maximum Gasteiger partial charge on any atom is 0.318 e. The average Bonchev–Trinajstić information content (AvgIpc) is 2.06. The molecule has 1 aromatic carbocycles. The lowest BCUT2D eigenvalue weighted by molar-refractivity contribution is -0.132. The van der Waals surface area contributed by atoms with E-state index >= 15 is 0 Å². The maximum atomic E-state index is 11.1. The summed E-state index contributed by atoms with van der Waals surface area (Å²) < 4.78 is 5.00. The van der Waals surface area contributed by atoms with Crippen LogP contribution in [0.3, 0.4) is 0 Å². The Kier molecular flexibility index (Phi) is 2.86. The van der Waals surface area contributed by atoms with Crippen LogP contribution in [-0.2, 0) is 4.79 Å². The molecule has 0 saturated carbocycles. The van der Waals surface area contributed by atoms with E-state index in [4.69, 9.17) is 4.74 Å². The molecule has 0 unspecified atom stereocenters. The van der Waals surface area contributed by atoms with Gasteiger partial charge in [-0.05, 0) is 26.0 Å². The van der Waals surface area contributed by atoms with Crippen LogP contribution in [0.25, 0.3) is 0 Å². The van der Waals surface area contributed by atoms with Crippen molar-refractivity contribution in [2.45, 2.75) is 13.8 Å². The molecule has 0 heterocycles. The normalized spacial score (nSPS) is 9.92. The molecule has 0 spiro atoms. The molecule has 0 fully saturated rings. The molecule has 0 aliphatic heterocycles. The fraction of sp³-hybridized carbons (Fsp3) is 0.200. The van der Waals surface area contributed by atoms with Crippen LogP contribution < -0.4 is 4.74 Å². The highest BCUT2D eigenvalue weighted by Gasteiger charge is 2.09. The Hall–Kier alpha value is -1.31. The number of esters is 1. The van der Waals surface area contributed by atoms with Crippen molar-refractivity contribution in [3.63, 3.8) is 0 Å². The molecule has 2 nitrogen and oxygen atoms in total. The molecule has 1 aromatic rings. The largest absolute Gasteiger partial charge is 0.426 e. The quantitative estimate of drug-likeness (QED) is 0.493. The topological polar surface area (TPSA) is 26.3 Å². The van der Waals surface area contributed by atoms with Crippen molar-refractivity contribution in [3.8, 4) is 5.75 Å². The second-order valence-electron chi connectivity index (χ2n) is 2.70. The molecule has 0 aromatic heterocycles. The summed E-state index contributed by atoms with van der Waals surface area (Å²) in [6.07, 6.45) is 0. The molecule has 0 saturated heterocycles. The highest BCUT2D eigenvalue weighted by Crippen LogP contribution is 2.10. The second-order valence-corrected chi connectivity index (χ2v) is 2.70. The molecular formula is C10H11O2. The number of hydrogen-bond acceptors (Lipinski definition) is 2. The van der Waals surface area contributed by atoms with E-state index in [0.29, 0.717) is 11.7 Å². The summed E-state index contributed by atoms with van der Waals surface area (Å²) >= 11 is 0. The molecule has 0 N–H and O–H groups in total. The third-order valence-corrected chi connectivity index (χ3v) is 1.36. The van der Waals surface area contributed by atoms with Gasteiger partial charge < -0.3 is 4.74 Å². The number of ether oxygens (including phenoxy) is 1. The van der Waals surface area contributed by atoms with Gasteiger partial charge >= 0.3 is 5.97 Å². The van der Waals surface area contributed by atoms with Crippen molar-refractivity contribution in [2.24, 2.45) is 0 Å². The third kappa shape index (κ3) is 2.38. The van der Waals surface area contributed by atoms with E-state index < -0.39 is 0 Å². The van der Waals surface area contributed by atoms with Gasteiger partial charge in [-0.15, -0.1) is 0 Å². The van der Waals surface area contributed by atoms with Crippen molar-refractivity contribution >= 4 is 5.97 Å². The van der Waals surface area contributed by atoms with Crippen LogP contribution in [0, 0.1) is 5.92 Å². The van der Waals surface area contributed by atoms with E-state index in [1.54, 1.807) is 26.0 Å². The zero-order chi connectivity index (χ0) is 8.97. The first kappa shape index (κ1) is 8.78. The van der Waals surface area contributed by atoms with E-state index in [1.165, 1.54) is 0 Å². The molecule has 63 valence electrons. The molecule has 1 rings (SSSR count). The van der Waals surface area contributed by atoms with Gasteiger partial charge in [0.1, 0.15) is 5.75 Å². The monoisotopic (exact) mass is 163 g/mol. The van der Waals surface area contributed by atoms with Crippen LogP contribution >= 0.6 is 0 Å². The zero-order valence-electron chi connectivity index (χ0n) is 7.20. The lowest BCUT2D eigenvalue weighted by atomic mass is 10.2. The van der Waals surface area contributed by atoms with Gasteiger partial charge in [0.25, 0.3) is 0 Å². The SMILES string of the molecule is C[C](C)C(=O)Oc1ccccc1. The van der Waals surface area contributed by atoms with E-state index in [1.807, 2.05) is 18.2 Å². The van der Waals surface area contributed by atoms with Crippen molar-refractivity contribution in [1.29, 1.82) is 0 Å². The standard InChI is InChI=1S/C10H11O2/c1-8(2)10(11)12-9-6-4-3-5-7-9/h3-7H,1-2H3. The van der Waals surface area contributed by atoms with Gasteiger partial charge in [-0.2, -0.15) is 0 Å². The Morgan fingerprint density at radius 3 is 2.25 bits per heavy atom. The van der Waals surface area contributed by atoms with Crippen molar-refractivity contribution in [3.05, 3.63) is 36.2 Å². The van der Waals surface area contributed by atoms with E-state index in [9.17, 15) is 4.79 Å². The number of hydrogen-bond donors (Lipinski definition) is 0. The van der Waals surface area contributed by atoms with Crippen LogP contribution in [0.15, 0.2) is 30.3 Å². The Labute approximate surface area is 72.2 Å². The highest BCUT2D eigenvalue weighted by molar-refractivity contribution is 5.85. The second kappa shape index (κ2) is 3.90. The average molecular weight is 163 g/mol. The highest BCUT2D eigenvalue weighted by atomic mass is 16.5. The Morgan fingerprint density at radius 1 is 1.17 bits per heavy atom. The van der Waals surface area contributed by atoms with E-state index in [-0.39, 0.29) is 5.97 Å². The van der Waals surface area contributed by atoms with Crippen LogP contribution in [-0.4, -0.2) is 5.97 Å². The summed E-state index contributed by atoms with van der Waals surface area (Å²) in [5, 5.41) is 0.